The van der Waals surface area contributed by atoms with E-state index in [1.54, 1.807) is 45.0 Å². The van der Waals surface area contributed by atoms with Crippen LogP contribution in [0.15, 0.2) is 42.5 Å². The molecular formula is C19H18ClFN2O2. The van der Waals surface area contributed by atoms with Gasteiger partial charge in [0, 0.05) is 5.02 Å². The van der Waals surface area contributed by atoms with Gasteiger partial charge in [0.2, 0.25) is 0 Å². The molecule has 1 atom stereocenters. The molecule has 4 nitrogen and oxygen atoms in total. The summed E-state index contributed by atoms with van der Waals surface area (Å²) < 4.78 is 18.8. The van der Waals surface area contributed by atoms with Crippen molar-refractivity contribution >= 4 is 17.5 Å². The number of nitrogens with one attached hydrogen (secondary N) is 1. The quantitative estimate of drug-likeness (QED) is 0.870. The molecule has 0 saturated heterocycles. The molecule has 0 radical (unpaired) electrons. The number of hydrogen-bond acceptors (Lipinski definition) is 3. The van der Waals surface area contributed by atoms with E-state index in [1.165, 1.54) is 18.2 Å². The van der Waals surface area contributed by atoms with Crippen LogP contribution in [0.2, 0.25) is 5.02 Å². The predicted octanol–water partition coefficient (Wildman–Crippen LogP) is 4.17. The molecule has 2 aromatic rings. The summed E-state index contributed by atoms with van der Waals surface area (Å²) >= 11 is 6.09. The fourth-order valence-electron chi connectivity index (χ4n) is 2.38. The van der Waals surface area contributed by atoms with Crippen LogP contribution in [0.4, 0.5) is 4.39 Å². The van der Waals surface area contributed by atoms with Crippen LogP contribution in [0.3, 0.4) is 0 Å². The second kappa shape index (κ2) is 7.54. The van der Waals surface area contributed by atoms with Crippen LogP contribution in [0.25, 0.3) is 0 Å². The largest absolute Gasteiger partial charge is 0.480 e. The first-order valence-electron chi connectivity index (χ1n) is 7.68. The van der Waals surface area contributed by atoms with Gasteiger partial charge in [0.1, 0.15) is 17.6 Å². The van der Waals surface area contributed by atoms with E-state index in [2.05, 4.69) is 5.32 Å². The molecule has 0 aliphatic rings. The van der Waals surface area contributed by atoms with E-state index >= 15 is 0 Å². The lowest BCUT2D eigenvalue weighted by Crippen LogP contribution is -2.46. The standard InChI is InChI=1S/C19H18ClFN2O2/c1-12(25-17-7-5-4-6-13(17)11-22)18(24)23-19(2,3)15-9-8-14(21)10-16(15)20/h4-10,12H,1-3H3,(H,23,24). The molecule has 0 bridgehead atoms. The van der Waals surface area contributed by atoms with Gasteiger partial charge in [-0.3, -0.25) is 4.79 Å². The summed E-state index contributed by atoms with van der Waals surface area (Å²) in [5.74, 6) is -0.482. The molecular weight excluding hydrogens is 343 g/mol. The Labute approximate surface area is 151 Å². The van der Waals surface area contributed by atoms with Crippen LogP contribution in [0, 0.1) is 17.1 Å². The Morgan fingerprint density at radius 1 is 1.32 bits per heavy atom. The highest BCUT2D eigenvalue weighted by Crippen LogP contribution is 2.28. The van der Waals surface area contributed by atoms with Gasteiger partial charge in [0.15, 0.2) is 6.10 Å². The maximum Gasteiger partial charge on any atom is 0.261 e. The van der Waals surface area contributed by atoms with E-state index in [0.29, 0.717) is 16.9 Å². The van der Waals surface area contributed by atoms with Gasteiger partial charge < -0.3 is 10.1 Å². The molecule has 25 heavy (non-hydrogen) atoms. The van der Waals surface area contributed by atoms with E-state index in [1.807, 2.05) is 6.07 Å². The number of halogens is 2. The number of amides is 1. The van der Waals surface area contributed by atoms with Crippen molar-refractivity contribution in [3.8, 4) is 11.8 Å². The molecule has 2 aromatic carbocycles. The minimum absolute atomic E-state index is 0.230. The Morgan fingerprint density at radius 3 is 2.64 bits per heavy atom. The maximum absolute atomic E-state index is 13.2. The molecule has 1 unspecified atom stereocenters. The van der Waals surface area contributed by atoms with Gasteiger partial charge in [0.05, 0.1) is 11.1 Å². The Morgan fingerprint density at radius 2 is 2.00 bits per heavy atom. The topological polar surface area (TPSA) is 62.1 Å². The number of hydrogen-bond donors (Lipinski definition) is 1. The minimum atomic E-state index is -0.826. The number of para-hydroxylation sites is 1. The summed E-state index contributed by atoms with van der Waals surface area (Å²) in [6.07, 6.45) is -0.826. The van der Waals surface area contributed by atoms with Gasteiger partial charge >= 0.3 is 0 Å². The summed E-state index contributed by atoms with van der Waals surface area (Å²) in [4.78, 5) is 12.5. The molecule has 0 spiro atoms. The molecule has 0 aliphatic carbocycles. The van der Waals surface area contributed by atoms with Crippen molar-refractivity contribution in [1.29, 1.82) is 5.26 Å². The number of carbonyl (C=O) groups excluding carboxylic acids is 1. The van der Waals surface area contributed by atoms with Gasteiger partial charge in [-0.2, -0.15) is 5.26 Å². The molecule has 0 saturated carbocycles. The van der Waals surface area contributed by atoms with Crippen LogP contribution >= 0.6 is 11.6 Å². The summed E-state index contributed by atoms with van der Waals surface area (Å²) in [5.41, 5.74) is 0.116. The van der Waals surface area contributed by atoms with Gasteiger partial charge in [0.25, 0.3) is 5.91 Å². The third-order valence-electron chi connectivity index (χ3n) is 3.72. The SMILES string of the molecule is CC(Oc1ccccc1C#N)C(=O)NC(C)(C)c1ccc(F)cc1Cl. The number of carbonyl (C=O) groups is 1. The normalized spacial score (nSPS) is 12.2. The second-order valence-electron chi connectivity index (χ2n) is 6.11. The monoisotopic (exact) mass is 360 g/mol. The van der Waals surface area contributed by atoms with Crippen LogP contribution in [0.5, 0.6) is 5.75 Å². The van der Waals surface area contributed by atoms with Crippen molar-refractivity contribution in [2.24, 2.45) is 0 Å². The van der Waals surface area contributed by atoms with Crippen molar-refractivity contribution in [2.45, 2.75) is 32.4 Å². The molecule has 6 heteroatoms. The van der Waals surface area contributed by atoms with E-state index in [0.717, 1.165) is 0 Å². The molecule has 0 aliphatic heterocycles. The first kappa shape index (κ1) is 18.8. The van der Waals surface area contributed by atoms with Crippen LogP contribution in [-0.4, -0.2) is 12.0 Å². The molecule has 2 rings (SSSR count). The lowest BCUT2D eigenvalue weighted by molar-refractivity contribution is -0.129. The van der Waals surface area contributed by atoms with Crippen LogP contribution in [0.1, 0.15) is 31.9 Å². The number of nitrogens with zero attached hydrogens (tertiary/aromatic N) is 1. The van der Waals surface area contributed by atoms with Gasteiger partial charge in [-0.15, -0.1) is 0 Å². The number of benzene rings is 2. The fourth-order valence-corrected chi connectivity index (χ4v) is 2.78. The predicted molar refractivity (Wildman–Crippen MR) is 93.8 cm³/mol. The third kappa shape index (κ3) is 4.49. The zero-order valence-corrected chi connectivity index (χ0v) is 14.9. The molecule has 0 fully saturated rings. The summed E-state index contributed by atoms with van der Waals surface area (Å²) in [6, 6.07) is 12.7. The maximum atomic E-state index is 13.2. The Balaban J connectivity index is 2.13. The Bertz CT molecular complexity index is 830. The lowest BCUT2D eigenvalue weighted by Gasteiger charge is -2.29. The molecule has 1 amide bonds. The van der Waals surface area contributed by atoms with Crippen molar-refractivity contribution in [2.75, 3.05) is 0 Å². The van der Waals surface area contributed by atoms with Crippen molar-refractivity contribution < 1.29 is 13.9 Å². The smallest absolute Gasteiger partial charge is 0.261 e. The first-order chi connectivity index (χ1) is 11.7. The van der Waals surface area contributed by atoms with Crippen LogP contribution < -0.4 is 10.1 Å². The average Bonchev–Trinajstić information content (AvgIpc) is 2.54. The minimum Gasteiger partial charge on any atom is -0.480 e. The summed E-state index contributed by atoms with van der Waals surface area (Å²) in [7, 11) is 0. The molecule has 0 heterocycles. The van der Waals surface area contributed by atoms with Crippen molar-refractivity contribution in [3.05, 3.63) is 64.4 Å². The first-order valence-corrected chi connectivity index (χ1v) is 8.05. The van der Waals surface area contributed by atoms with Gasteiger partial charge in [-0.1, -0.05) is 29.8 Å². The van der Waals surface area contributed by atoms with E-state index < -0.39 is 17.5 Å². The van der Waals surface area contributed by atoms with E-state index in [-0.39, 0.29) is 10.9 Å². The Hall–Kier alpha value is -2.58. The van der Waals surface area contributed by atoms with E-state index in [4.69, 9.17) is 21.6 Å². The second-order valence-corrected chi connectivity index (χ2v) is 6.51. The highest BCUT2D eigenvalue weighted by Gasteiger charge is 2.28. The zero-order chi connectivity index (χ0) is 18.6. The highest BCUT2D eigenvalue weighted by atomic mass is 35.5. The molecule has 130 valence electrons. The highest BCUT2D eigenvalue weighted by molar-refractivity contribution is 6.31. The van der Waals surface area contributed by atoms with Gasteiger partial charge in [-0.05, 0) is 50.6 Å². The summed E-state index contributed by atoms with van der Waals surface area (Å²) in [5, 5.41) is 12.1. The summed E-state index contributed by atoms with van der Waals surface area (Å²) in [6.45, 7) is 5.12. The lowest BCUT2D eigenvalue weighted by atomic mass is 9.94. The number of ether oxygens (including phenoxy) is 1. The molecule has 0 aromatic heterocycles. The average molecular weight is 361 g/mol. The fraction of sp³-hybridized carbons (Fsp3) is 0.263. The van der Waals surface area contributed by atoms with E-state index in [9.17, 15) is 9.18 Å². The zero-order valence-electron chi connectivity index (χ0n) is 14.1. The third-order valence-corrected chi connectivity index (χ3v) is 4.03. The number of nitriles is 1. The van der Waals surface area contributed by atoms with Crippen molar-refractivity contribution in [1.82, 2.24) is 5.32 Å². The van der Waals surface area contributed by atoms with Crippen LogP contribution in [-0.2, 0) is 10.3 Å². The molecule has 1 N–H and O–H groups in total. The van der Waals surface area contributed by atoms with Crippen molar-refractivity contribution in [3.63, 3.8) is 0 Å². The Kier molecular flexibility index (Phi) is 5.66. The van der Waals surface area contributed by atoms with Gasteiger partial charge in [-0.25, -0.2) is 4.39 Å². The number of rotatable bonds is 5.